The molecule has 2 heterocycles. The molecule has 0 aliphatic carbocycles. The minimum atomic E-state index is -2.38. The van der Waals surface area contributed by atoms with Crippen LogP contribution in [0, 0.1) is 0 Å². The van der Waals surface area contributed by atoms with Gasteiger partial charge in [0.2, 0.25) is 5.95 Å². The second-order valence-corrected chi connectivity index (χ2v) is 17.9. The summed E-state index contributed by atoms with van der Waals surface area (Å²) in [5.74, 6) is 0.667. The zero-order valence-corrected chi connectivity index (χ0v) is 30.3. The van der Waals surface area contributed by atoms with Gasteiger partial charge in [0, 0.05) is 21.7 Å². The van der Waals surface area contributed by atoms with Crippen molar-refractivity contribution in [3.8, 4) is 28.3 Å². The second kappa shape index (κ2) is 12.6. The first kappa shape index (κ1) is 31.1. The van der Waals surface area contributed by atoms with Gasteiger partial charge in [0.25, 0.3) is 0 Å². The minimum absolute atomic E-state index is 0.667. The maximum absolute atomic E-state index is 5.42. The number of benzene rings is 8. The summed E-state index contributed by atoms with van der Waals surface area (Å²) in [5.41, 5.74) is 7.47. The van der Waals surface area contributed by atoms with E-state index in [1.165, 1.54) is 48.2 Å². The van der Waals surface area contributed by atoms with Gasteiger partial charge in [-0.05, 0) is 55.7 Å². The van der Waals surface area contributed by atoms with Gasteiger partial charge in [-0.3, -0.25) is 4.57 Å². The van der Waals surface area contributed by atoms with Crippen molar-refractivity contribution in [1.29, 1.82) is 0 Å². The predicted octanol–water partition coefficient (Wildman–Crippen LogP) is 10.3. The molecule has 0 saturated carbocycles. The van der Waals surface area contributed by atoms with E-state index in [2.05, 4.69) is 205 Å². The number of hydrogen-bond donors (Lipinski definition) is 0. The molecule has 250 valence electrons. The highest BCUT2D eigenvalue weighted by Crippen LogP contribution is 2.37. The van der Waals surface area contributed by atoms with Crippen molar-refractivity contribution in [3.63, 3.8) is 0 Å². The molecule has 4 heteroatoms. The third kappa shape index (κ3) is 5.10. The Morgan fingerprint density at radius 2 is 0.981 bits per heavy atom. The van der Waals surface area contributed by atoms with Gasteiger partial charge in [-0.2, -0.15) is 0 Å². The van der Waals surface area contributed by atoms with E-state index in [-0.39, 0.29) is 0 Å². The van der Waals surface area contributed by atoms with Crippen molar-refractivity contribution in [2.45, 2.75) is 6.55 Å². The summed E-state index contributed by atoms with van der Waals surface area (Å²) in [6, 6.07) is 70.1. The highest BCUT2D eigenvalue weighted by molar-refractivity contribution is 7.10. The fourth-order valence-electron chi connectivity index (χ4n) is 8.20. The van der Waals surface area contributed by atoms with E-state index >= 15 is 0 Å². The Hall–Kier alpha value is -6.62. The van der Waals surface area contributed by atoms with E-state index in [1.807, 2.05) is 0 Å². The molecule has 0 atom stereocenters. The van der Waals surface area contributed by atoms with E-state index < -0.39 is 8.07 Å². The van der Waals surface area contributed by atoms with E-state index in [0.717, 1.165) is 33.2 Å². The summed E-state index contributed by atoms with van der Waals surface area (Å²) in [7, 11) is -2.38. The van der Waals surface area contributed by atoms with Crippen LogP contribution < -0.4 is 15.6 Å². The second-order valence-electron chi connectivity index (χ2n) is 13.9. The molecule has 0 N–H and O–H groups in total. The molecule has 0 radical (unpaired) electrons. The maximum Gasteiger partial charge on any atom is 0.235 e. The molecule has 3 nitrogen and oxygen atoms in total. The first-order valence-corrected chi connectivity index (χ1v) is 20.7. The molecule has 0 amide bonds. The van der Waals surface area contributed by atoms with Gasteiger partial charge in [0.15, 0.2) is 0 Å². The number of hydrogen-bond acceptors (Lipinski definition) is 2. The van der Waals surface area contributed by atoms with Gasteiger partial charge in [0.05, 0.1) is 22.2 Å². The van der Waals surface area contributed by atoms with Crippen molar-refractivity contribution in [3.05, 3.63) is 194 Å². The Labute approximate surface area is 309 Å². The normalized spacial score (nSPS) is 11.9. The lowest BCUT2D eigenvalue weighted by Crippen LogP contribution is -2.64. The largest absolute Gasteiger partial charge is 0.278 e. The van der Waals surface area contributed by atoms with Crippen molar-refractivity contribution < 1.29 is 0 Å². The topological polar surface area (TPSA) is 30.7 Å². The minimum Gasteiger partial charge on any atom is -0.278 e. The van der Waals surface area contributed by atoms with Crippen molar-refractivity contribution in [1.82, 2.24) is 14.5 Å². The van der Waals surface area contributed by atoms with Crippen LogP contribution in [0.5, 0.6) is 0 Å². The van der Waals surface area contributed by atoms with E-state index in [1.54, 1.807) is 0 Å². The quantitative estimate of drug-likeness (QED) is 0.128. The molecule has 10 rings (SSSR count). The summed E-state index contributed by atoms with van der Waals surface area (Å²) >= 11 is 0. The lowest BCUT2D eigenvalue weighted by atomic mass is 10.0. The Balaban J connectivity index is 1.24. The maximum atomic E-state index is 5.42. The predicted molar refractivity (Wildman–Crippen MR) is 226 cm³/mol. The SMILES string of the molecule is C[Si](c1ccccc1)(c1ccccc1)c1ccc2c(c1)c1c3ccccc3ccc1n2-c1nc(-c2ccc(-c3ccccc3)cc2)c2ccccc2n1. The first-order chi connectivity index (χ1) is 26.2. The molecule has 53 heavy (non-hydrogen) atoms. The van der Waals surface area contributed by atoms with Crippen LogP contribution in [0.3, 0.4) is 0 Å². The van der Waals surface area contributed by atoms with Crippen LogP contribution in [-0.4, -0.2) is 22.6 Å². The number of rotatable bonds is 6. The van der Waals surface area contributed by atoms with E-state index in [9.17, 15) is 0 Å². The fraction of sp³-hybridized carbons (Fsp3) is 0.0204. The van der Waals surface area contributed by atoms with Crippen molar-refractivity contribution in [2.75, 3.05) is 0 Å². The van der Waals surface area contributed by atoms with Crippen LogP contribution >= 0.6 is 0 Å². The average Bonchev–Trinajstić information content (AvgIpc) is 3.58. The highest BCUT2D eigenvalue weighted by atomic mass is 28.3. The lowest BCUT2D eigenvalue weighted by Gasteiger charge is -2.29. The fourth-order valence-corrected chi connectivity index (χ4v) is 11.8. The molecule has 0 bridgehead atoms. The summed E-state index contributed by atoms with van der Waals surface area (Å²) in [4.78, 5) is 10.7. The van der Waals surface area contributed by atoms with E-state index in [4.69, 9.17) is 9.97 Å². The van der Waals surface area contributed by atoms with Crippen LogP contribution in [0.1, 0.15) is 0 Å². The zero-order valence-electron chi connectivity index (χ0n) is 29.3. The monoisotopic (exact) mass is 693 g/mol. The Morgan fingerprint density at radius 3 is 1.70 bits per heavy atom. The summed E-state index contributed by atoms with van der Waals surface area (Å²) in [5, 5.41) is 10.1. The summed E-state index contributed by atoms with van der Waals surface area (Å²) < 4.78 is 2.28. The molecule has 0 aliphatic rings. The van der Waals surface area contributed by atoms with Gasteiger partial charge in [-0.1, -0.05) is 182 Å². The Bertz CT molecular complexity index is 2900. The van der Waals surface area contributed by atoms with Crippen LogP contribution in [0.15, 0.2) is 194 Å². The molecule has 0 spiro atoms. The lowest BCUT2D eigenvalue weighted by molar-refractivity contribution is 1.01. The number of fused-ring (bicyclic) bond motifs is 6. The molecule has 2 aromatic heterocycles. The Morgan fingerprint density at radius 1 is 0.415 bits per heavy atom. The van der Waals surface area contributed by atoms with Crippen LogP contribution in [-0.2, 0) is 0 Å². The van der Waals surface area contributed by atoms with E-state index in [0.29, 0.717) is 5.95 Å². The number of para-hydroxylation sites is 1. The Kier molecular flexibility index (Phi) is 7.37. The molecule has 10 aromatic rings. The van der Waals surface area contributed by atoms with Crippen LogP contribution in [0.2, 0.25) is 6.55 Å². The molecule has 0 fully saturated rings. The number of aromatic nitrogens is 3. The van der Waals surface area contributed by atoms with Gasteiger partial charge in [-0.15, -0.1) is 0 Å². The first-order valence-electron chi connectivity index (χ1n) is 18.2. The van der Waals surface area contributed by atoms with Gasteiger partial charge in [-0.25, -0.2) is 9.97 Å². The van der Waals surface area contributed by atoms with Gasteiger partial charge >= 0.3 is 0 Å². The highest BCUT2D eigenvalue weighted by Gasteiger charge is 2.34. The smallest absolute Gasteiger partial charge is 0.235 e. The van der Waals surface area contributed by atoms with Crippen LogP contribution in [0.25, 0.3) is 71.8 Å². The molecular formula is C49H35N3Si. The molecule has 8 aromatic carbocycles. The van der Waals surface area contributed by atoms with Gasteiger partial charge < -0.3 is 0 Å². The number of nitrogens with zero attached hydrogens (tertiary/aromatic N) is 3. The third-order valence-corrected chi connectivity index (χ3v) is 15.4. The average molecular weight is 694 g/mol. The van der Waals surface area contributed by atoms with Crippen LogP contribution in [0.4, 0.5) is 0 Å². The molecule has 0 aliphatic heterocycles. The molecule has 0 unspecified atom stereocenters. The van der Waals surface area contributed by atoms with Crippen molar-refractivity contribution >= 4 is 67.1 Å². The third-order valence-electron chi connectivity index (χ3n) is 11.0. The zero-order chi connectivity index (χ0) is 35.4. The van der Waals surface area contributed by atoms with Crippen molar-refractivity contribution in [2.24, 2.45) is 0 Å². The summed E-state index contributed by atoms with van der Waals surface area (Å²) in [6.07, 6.45) is 0. The van der Waals surface area contributed by atoms with Gasteiger partial charge in [0.1, 0.15) is 8.07 Å². The molecular weight excluding hydrogens is 659 g/mol. The summed E-state index contributed by atoms with van der Waals surface area (Å²) in [6.45, 7) is 2.48. The standard InChI is InChI=1S/C49H35N3Si/c1-53(38-18-7-3-8-19-38,39-20-9-4-10-21-39)40-30-32-45-43(33-40)47-41-22-12-11-17-36(41)29-31-46(47)52(45)49-50-44-24-14-13-23-42(44)48(51-49)37-27-25-35(26-28-37)34-15-5-2-6-16-34/h2-33H,1H3. The molecule has 0 saturated heterocycles.